The molecule has 0 aromatic carbocycles. The van der Waals surface area contributed by atoms with Gasteiger partial charge in [0.15, 0.2) is 5.82 Å². The summed E-state index contributed by atoms with van der Waals surface area (Å²) in [6.07, 6.45) is 3.51. The van der Waals surface area contributed by atoms with E-state index in [4.69, 9.17) is 5.73 Å². The summed E-state index contributed by atoms with van der Waals surface area (Å²) in [4.78, 5) is 8.15. The van der Waals surface area contributed by atoms with Crippen LogP contribution in [0, 0.1) is 5.92 Å². The average Bonchev–Trinajstić information content (AvgIpc) is 2.49. The van der Waals surface area contributed by atoms with Crippen molar-refractivity contribution in [3.05, 3.63) is 18.6 Å². The maximum absolute atomic E-state index is 5.81. The van der Waals surface area contributed by atoms with Gasteiger partial charge in [0, 0.05) is 12.7 Å². The molecule has 0 spiro atoms. The van der Waals surface area contributed by atoms with E-state index in [1.54, 1.807) is 0 Å². The molecule has 74 valence electrons. The standard InChI is InChI=1S/C10H14N4/c1-7(2)5-14-4-3-8-9(14)10(11)13-6-12-8/h3-4,6-7H,5H2,1-2H3,(H2,11,12,13). The fourth-order valence-electron chi connectivity index (χ4n) is 1.60. The number of anilines is 1. The molecular formula is C10H14N4. The van der Waals surface area contributed by atoms with Gasteiger partial charge in [-0.1, -0.05) is 13.8 Å². The second-order valence-electron chi connectivity index (χ2n) is 3.85. The van der Waals surface area contributed by atoms with Gasteiger partial charge in [-0.15, -0.1) is 0 Å². The molecule has 2 aromatic heterocycles. The Labute approximate surface area is 82.8 Å². The highest BCUT2D eigenvalue weighted by Gasteiger charge is 2.07. The Hall–Kier alpha value is -1.58. The van der Waals surface area contributed by atoms with Crippen molar-refractivity contribution in [1.29, 1.82) is 0 Å². The van der Waals surface area contributed by atoms with E-state index in [1.807, 2.05) is 12.3 Å². The number of nitrogens with zero attached hydrogens (tertiary/aromatic N) is 3. The fraction of sp³-hybridized carbons (Fsp3) is 0.400. The zero-order chi connectivity index (χ0) is 10.1. The average molecular weight is 190 g/mol. The molecule has 0 fully saturated rings. The van der Waals surface area contributed by atoms with E-state index in [9.17, 15) is 0 Å². The van der Waals surface area contributed by atoms with E-state index in [-0.39, 0.29) is 0 Å². The van der Waals surface area contributed by atoms with Gasteiger partial charge in [0.1, 0.15) is 11.8 Å². The molecule has 0 atom stereocenters. The third kappa shape index (κ3) is 1.43. The lowest BCUT2D eigenvalue weighted by Gasteiger charge is -2.08. The van der Waals surface area contributed by atoms with E-state index in [2.05, 4.69) is 28.4 Å². The van der Waals surface area contributed by atoms with Crippen molar-refractivity contribution in [2.24, 2.45) is 5.92 Å². The lowest BCUT2D eigenvalue weighted by molar-refractivity contribution is 0.535. The molecule has 0 radical (unpaired) electrons. The molecule has 4 nitrogen and oxygen atoms in total. The number of rotatable bonds is 2. The molecule has 4 heteroatoms. The van der Waals surface area contributed by atoms with Crippen molar-refractivity contribution >= 4 is 16.9 Å². The number of hydrogen-bond acceptors (Lipinski definition) is 3. The van der Waals surface area contributed by atoms with Gasteiger partial charge in [-0.25, -0.2) is 9.97 Å². The summed E-state index contributed by atoms with van der Waals surface area (Å²) >= 11 is 0. The van der Waals surface area contributed by atoms with E-state index < -0.39 is 0 Å². The van der Waals surface area contributed by atoms with E-state index in [0.717, 1.165) is 17.6 Å². The first-order valence-electron chi connectivity index (χ1n) is 4.74. The Morgan fingerprint density at radius 1 is 1.43 bits per heavy atom. The van der Waals surface area contributed by atoms with Gasteiger partial charge in [0.05, 0.1) is 5.52 Å². The van der Waals surface area contributed by atoms with Crippen LogP contribution < -0.4 is 5.73 Å². The maximum Gasteiger partial charge on any atom is 0.151 e. The van der Waals surface area contributed by atoms with Crippen LogP contribution in [0.3, 0.4) is 0 Å². The smallest absolute Gasteiger partial charge is 0.151 e. The van der Waals surface area contributed by atoms with Crippen LogP contribution in [0.5, 0.6) is 0 Å². The minimum absolute atomic E-state index is 0.556. The quantitative estimate of drug-likeness (QED) is 0.783. The predicted molar refractivity (Wildman–Crippen MR) is 56.8 cm³/mol. The van der Waals surface area contributed by atoms with E-state index >= 15 is 0 Å². The van der Waals surface area contributed by atoms with Crippen molar-refractivity contribution < 1.29 is 0 Å². The molecule has 2 heterocycles. The number of aromatic nitrogens is 3. The lowest BCUT2D eigenvalue weighted by Crippen LogP contribution is -2.05. The second-order valence-corrected chi connectivity index (χ2v) is 3.85. The van der Waals surface area contributed by atoms with Crippen molar-refractivity contribution in [3.63, 3.8) is 0 Å². The Kier molecular flexibility index (Phi) is 2.11. The van der Waals surface area contributed by atoms with Crippen LogP contribution in [0.25, 0.3) is 11.0 Å². The molecule has 0 aliphatic heterocycles. The number of hydrogen-bond donors (Lipinski definition) is 1. The molecule has 0 aliphatic rings. The molecule has 0 saturated heterocycles. The van der Waals surface area contributed by atoms with Crippen LogP contribution in [0.2, 0.25) is 0 Å². The predicted octanol–water partition coefficient (Wildman–Crippen LogP) is 1.67. The highest BCUT2D eigenvalue weighted by atomic mass is 15.0. The van der Waals surface area contributed by atoms with Crippen molar-refractivity contribution in [1.82, 2.24) is 14.5 Å². The molecule has 0 saturated carbocycles. The largest absolute Gasteiger partial charge is 0.382 e. The topological polar surface area (TPSA) is 56.7 Å². The van der Waals surface area contributed by atoms with Gasteiger partial charge >= 0.3 is 0 Å². The summed E-state index contributed by atoms with van der Waals surface area (Å²) in [7, 11) is 0. The summed E-state index contributed by atoms with van der Waals surface area (Å²) < 4.78 is 2.11. The molecular weight excluding hydrogens is 176 g/mol. The lowest BCUT2D eigenvalue weighted by atomic mass is 10.2. The fourth-order valence-corrected chi connectivity index (χ4v) is 1.60. The van der Waals surface area contributed by atoms with Gasteiger partial charge < -0.3 is 10.3 Å². The zero-order valence-electron chi connectivity index (χ0n) is 8.44. The van der Waals surface area contributed by atoms with Crippen molar-refractivity contribution in [2.45, 2.75) is 20.4 Å². The van der Waals surface area contributed by atoms with Crippen molar-refractivity contribution in [3.8, 4) is 0 Å². The molecule has 14 heavy (non-hydrogen) atoms. The third-order valence-corrected chi connectivity index (χ3v) is 2.14. The summed E-state index contributed by atoms with van der Waals surface area (Å²) in [6.45, 7) is 5.29. The Morgan fingerprint density at radius 3 is 2.93 bits per heavy atom. The molecule has 2 aromatic rings. The summed E-state index contributed by atoms with van der Waals surface area (Å²) in [5, 5.41) is 0. The van der Waals surface area contributed by atoms with Crippen LogP contribution in [-0.2, 0) is 6.54 Å². The molecule has 0 unspecified atom stereocenters. The van der Waals surface area contributed by atoms with Gasteiger partial charge in [0.25, 0.3) is 0 Å². The second kappa shape index (κ2) is 3.29. The Bertz CT molecular complexity index is 444. The maximum atomic E-state index is 5.81. The minimum atomic E-state index is 0.556. The van der Waals surface area contributed by atoms with Crippen LogP contribution in [-0.4, -0.2) is 14.5 Å². The Balaban J connectivity index is 2.55. The zero-order valence-corrected chi connectivity index (χ0v) is 8.44. The number of nitrogen functional groups attached to an aromatic ring is 1. The minimum Gasteiger partial charge on any atom is -0.382 e. The highest BCUT2D eigenvalue weighted by molar-refractivity contribution is 5.84. The summed E-state index contributed by atoms with van der Waals surface area (Å²) in [6, 6.07) is 1.97. The van der Waals surface area contributed by atoms with Crippen LogP contribution >= 0.6 is 0 Å². The van der Waals surface area contributed by atoms with Gasteiger partial charge in [-0.05, 0) is 12.0 Å². The monoisotopic (exact) mass is 190 g/mol. The van der Waals surface area contributed by atoms with Crippen molar-refractivity contribution in [2.75, 3.05) is 5.73 Å². The van der Waals surface area contributed by atoms with Gasteiger partial charge in [0.2, 0.25) is 0 Å². The van der Waals surface area contributed by atoms with Crippen LogP contribution in [0.1, 0.15) is 13.8 Å². The molecule has 2 N–H and O–H groups in total. The van der Waals surface area contributed by atoms with Crippen LogP contribution in [0.15, 0.2) is 18.6 Å². The summed E-state index contributed by atoms with van der Waals surface area (Å²) in [5.74, 6) is 1.14. The number of fused-ring (bicyclic) bond motifs is 1. The van der Waals surface area contributed by atoms with E-state index in [0.29, 0.717) is 11.7 Å². The molecule has 2 rings (SSSR count). The van der Waals surface area contributed by atoms with E-state index in [1.165, 1.54) is 6.33 Å². The van der Waals surface area contributed by atoms with Gasteiger partial charge in [-0.2, -0.15) is 0 Å². The van der Waals surface area contributed by atoms with Crippen LogP contribution in [0.4, 0.5) is 5.82 Å². The highest BCUT2D eigenvalue weighted by Crippen LogP contribution is 2.18. The normalized spacial score (nSPS) is 11.4. The first-order chi connectivity index (χ1) is 6.68. The Morgan fingerprint density at radius 2 is 2.21 bits per heavy atom. The molecule has 0 amide bonds. The summed E-state index contributed by atoms with van der Waals surface area (Å²) in [5.41, 5.74) is 7.67. The first-order valence-corrected chi connectivity index (χ1v) is 4.74. The molecule has 0 aliphatic carbocycles. The third-order valence-electron chi connectivity index (χ3n) is 2.14. The number of nitrogens with two attached hydrogens (primary N) is 1. The SMILES string of the molecule is CC(C)Cn1ccc2ncnc(N)c21. The first kappa shape index (κ1) is 8.99. The molecule has 0 bridgehead atoms. The van der Waals surface area contributed by atoms with Gasteiger partial charge in [-0.3, -0.25) is 0 Å².